The summed E-state index contributed by atoms with van der Waals surface area (Å²) in [6, 6.07) is 3.48. The van der Waals surface area contributed by atoms with Crippen molar-refractivity contribution in [3.63, 3.8) is 0 Å². The summed E-state index contributed by atoms with van der Waals surface area (Å²) in [6.45, 7) is 2.57. The molecule has 1 aromatic rings. The van der Waals surface area contributed by atoms with Gasteiger partial charge >= 0.3 is 0 Å². The number of ether oxygens (including phenoxy) is 1. The summed E-state index contributed by atoms with van der Waals surface area (Å²) in [5, 5.41) is 11.0. The second-order valence-electron chi connectivity index (χ2n) is 3.58. The third-order valence-electron chi connectivity index (χ3n) is 2.26. The number of hydrogen-bond donors (Lipinski definition) is 0. The van der Waals surface area contributed by atoms with E-state index in [1.807, 2.05) is 0 Å². The van der Waals surface area contributed by atoms with Gasteiger partial charge in [-0.25, -0.2) is 0 Å². The standard InChI is InChI=1S/C10H13NO2/c1-8-6-10(4-5-11(8)12)13-7-9-2-3-9/h4-6,9H,2-3,7H2,1H3. The number of rotatable bonds is 3. The third-order valence-corrected chi connectivity index (χ3v) is 2.26. The van der Waals surface area contributed by atoms with E-state index in [4.69, 9.17) is 4.74 Å². The Morgan fingerprint density at radius 3 is 3.00 bits per heavy atom. The lowest BCUT2D eigenvalue weighted by molar-refractivity contribution is -0.612. The van der Waals surface area contributed by atoms with Crippen LogP contribution in [0, 0.1) is 18.0 Å². The highest BCUT2D eigenvalue weighted by Crippen LogP contribution is 2.29. The highest BCUT2D eigenvalue weighted by Gasteiger charge is 2.22. The maximum atomic E-state index is 11.0. The first-order valence-corrected chi connectivity index (χ1v) is 4.58. The Kier molecular flexibility index (Phi) is 2.08. The number of aromatic nitrogens is 1. The van der Waals surface area contributed by atoms with Gasteiger partial charge in [-0.1, -0.05) is 0 Å². The van der Waals surface area contributed by atoms with Crippen molar-refractivity contribution < 1.29 is 9.47 Å². The van der Waals surface area contributed by atoms with Gasteiger partial charge in [-0.3, -0.25) is 0 Å². The predicted molar refractivity (Wildman–Crippen MR) is 48.4 cm³/mol. The van der Waals surface area contributed by atoms with Crippen molar-refractivity contribution in [1.29, 1.82) is 0 Å². The lowest BCUT2D eigenvalue weighted by Crippen LogP contribution is -2.28. The van der Waals surface area contributed by atoms with E-state index < -0.39 is 0 Å². The average Bonchev–Trinajstić information content (AvgIpc) is 2.91. The maximum Gasteiger partial charge on any atom is 0.193 e. The van der Waals surface area contributed by atoms with Crippen LogP contribution in [0.2, 0.25) is 0 Å². The van der Waals surface area contributed by atoms with Crippen LogP contribution in [0.5, 0.6) is 5.75 Å². The normalized spacial score (nSPS) is 15.8. The van der Waals surface area contributed by atoms with Crippen LogP contribution >= 0.6 is 0 Å². The molecule has 70 valence electrons. The molecule has 3 heteroatoms. The Morgan fingerprint density at radius 2 is 2.38 bits per heavy atom. The monoisotopic (exact) mass is 179 g/mol. The van der Waals surface area contributed by atoms with Crippen LogP contribution in [0.3, 0.4) is 0 Å². The van der Waals surface area contributed by atoms with Crippen molar-refractivity contribution in [3.05, 3.63) is 29.2 Å². The highest BCUT2D eigenvalue weighted by atomic mass is 16.5. The Morgan fingerprint density at radius 1 is 1.62 bits per heavy atom. The second kappa shape index (κ2) is 3.24. The van der Waals surface area contributed by atoms with Crippen molar-refractivity contribution >= 4 is 0 Å². The van der Waals surface area contributed by atoms with E-state index in [1.54, 1.807) is 19.1 Å². The van der Waals surface area contributed by atoms with E-state index in [2.05, 4.69) is 0 Å². The molecular formula is C10H13NO2. The summed E-state index contributed by atoms with van der Waals surface area (Å²) in [5.41, 5.74) is 0.674. The molecule has 1 saturated carbocycles. The third kappa shape index (κ3) is 2.11. The molecule has 0 unspecified atom stereocenters. The van der Waals surface area contributed by atoms with Gasteiger partial charge < -0.3 is 9.94 Å². The molecule has 0 N–H and O–H groups in total. The van der Waals surface area contributed by atoms with Crippen LogP contribution in [0.4, 0.5) is 0 Å². The number of pyridine rings is 1. The summed E-state index contributed by atoms with van der Waals surface area (Å²) in [4.78, 5) is 0. The van der Waals surface area contributed by atoms with Gasteiger partial charge in [-0.05, 0) is 18.8 Å². The molecule has 1 aliphatic rings. The zero-order chi connectivity index (χ0) is 9.26. The molecule has 1 heterocycles. The Labute approximate surface area is 77.5 Å². The molecule has 0 atom stereocenters. The van der Waals surface area contributed by atoms with E-state index >= 15 is 0 Å². The SMILES string of the molecule is Cc1cc(OCC2CC2)cc[n+]1[O-]. The van der Waals surface area contributed by atoms with Crippen LogP contribution in [0.25, 0.3) is 0 Å². The predicted octanol–water partition coefficient (Wildman–Crippen LogP) is 1.42. The first-order chi connectivity index (χ1) is 6.25. The Balaban J connectivity index is 1.98. The molecule has 0 bridgehead atoms. The Hall–Kier alpha value is -1.25. The molecule has 13 heavy (non-hydrogen) atoms. The van der Waals surface area contributed by atoms with Crippen molar-refractivity contribution in [2.75, 3.05) is 6.61 Å². The minimum Gasteiger partial charge on any atom is -0.619 e. The summed E-state index contributed by atoms with van der Waals surface area (Å²) in [7, 11) is 0. The maximum absolute atomic E-state index is 11.0. The fourth-order valence-electron chi connectivity index (χ4n) is 1.16. The number of aryl methyl sites for hydroxylation is 1. The first-order valence-electron chi connectivity index (χ1n) is 4.58. The summed E-state index contributed by atoms with van der Waals surface area (Å²) in [6.07, 6.45) is 4.05. The summed E-state index contributed by atoms with van der Waals surface area (Å²) >= 11 is 0. The van der Waals surface area contributed by atoms with E-state index in [0.29, 0.717) is 5.69 Å². The van der Waals surface area contributed by atoms with E-state index in [1.165, 1.54) is 19.0 Å². The summed E-state index contributed by atoms with van der Waals surface area (Å²) in [5.74, 6) is 1.55. The fourth-order valence-corrected chi connectivity index (χ4v) is 1.16. The molecule has 3 nitrogen and oxygen atoms in total. The zero-order valence-electron chi connectivity index (χ0n) is 7.69. The van der Waals surface area contributed by atoms with Gasteiger partial charge in [-0.2, -0.15) is 4.73 Å². The zero-order valence-corrected chi connectivity index (χ0v) is 7.69. The van der Waals surface area contributed by atoms with Crippen molar-refractivity contribution in [2.24, 2.45) is 5.92 Å². The largest absolute Gasteiger partial charge is 0.619 e. The minimum absolute atomic E-state index is 0.674. The van der Waals surface area contributed by atoms with Crippen molar-refractivity contribution in [3.8, 4) is 5.75 Å². The smallest absolute Gasteiger partial charge is 0.193 e. The average molecular weight is 179 g/mol. The summed E-state index contributed by atoms with van der Waals surface area (Å²) < 4.78 is 6.35. The fraction of sp³-hybridized carbons (Fsp3) is 0.500. The van der Waals surface area contributed by atoms with E-state index in [0.717, 1.165) is 23.0 Å². The molecule has 0 aliphatic heterocycles. The van der Waals surface area contributed by atoms with Crippen molar-refractivity contribution in [1.82, 2.24) is 0 Å². The molecular weight excluding hydrogens is 166 g/mol. The van der Waals surface area contributed by atoms with Crippen molar-refractivity contribution in [2.45, 2.75) is 19.8 Å². The molecule has 0 saturated heterocycles. The number of hydrogen-bond acceptors (Lipinski definition) is 2. The van der Waals surface area contributed by atoms with Gasteiger partial charge in [-0.15, -0.1) is 0 Å². The van der Waals surface area contributed by atoms with Gasteiger partial charge in [0.15, 0.2) is 11.9 Å². The second-order valence-corrected chi connectivity index (χ2v) is 3.58. The van der Waals surface area contributed by atoms with Crippen LogP contribution in [0.15, 0.2) is 18.3 Å². The van der Waals surface area contributed by atoms with Crippen LogP contribution in [0.1, 0.15) is 18.5 Å². The Bertz CT molecular complexity index is 308. The van der Waals surface area contributed by atoms with E-state index in [9.17, 15) is 5.21 Å². The highest BCUT2D eigenvalue weighted by molar-refractivity contribution is 5.19. The topological polar surface area (TPSA) is 36.2 Å². The minimum atomic E-state index is 0.674. The van der Waals surface area contributed by atoms with E-state index in [-0.39, 0.29) is 0 Å². The van der Waals surface area contributed by atoms with Gasteiger partial charge in [0, 0.05) is 19.1 Å². The van der Waals surface area contributed by atoms with Gasteiger partial charge in [0.2, 0.25) is 0 Å². The first kappa shape index (κ1) is 8.35. The molecule has 0 amide bonds. The lowest BCUT2D eigenvalue weighted by Gasteiger charge is -2.05. The molecule has 0 radical (unpaired) electrons. The molecule has 0 aromatic carbocycles. The van der Waals surface area contributed by atoms with Crippen LogP contribution in [-0.4, -0.2) is 6.61 Å². The number of nitrogens with zero attached hydrogens (tertiary/aromatic N) is 1. The van der Waals surface area contributed by atoms with Gasteiger partial charge in [0.05, 0.1) is 6.61 Å². The van der Waals surface area contributed by atoms with Crippen LogP contribution < -0.4 is 9.47 Å². The molecule has 1 aromatic heterocycles. The molecule has 2 rings (SSSR count). The van der Waals surface area contributed by atoms with Crippen LogP contribution in [-0.2, 0) is 0 Å². The quantitative estimate of drug-likeness (QED) is 0.519. The van der Waals surface area contributed by atoms with Gasteiger partial charge in [0.1, 0.15) is 5.75 Å². The molecule has 1 aliphatic carbocycles. The lowest BCUT2D eigenvalue weighted by atomic mass is 10.3. The van der Waals surface area contributed by atoms with Gasteiger partial charge in [0.25, 0.3) is 0 Å². The molecule has 0 spiro atoms. The molecule has 1 fully saturated rings.